The van der Waals surface area contributed by atoms with Crippen molar-refractivity contribution < 1.29 is 27.8 Å². The van der Waals surface area contributed by atoms with Gasteiger partial charge < -0.3 is 19.9 Å². The number of alkyl halides is 3. The van der Waals surface area contributed by atoms with Crippen LogP contribution in [0.1, 0.15) is 48.6 Å². The molecular weight excluding hydrogens is 467 g/mol. The summed E-state index contributed by atoms with van der Waals surface area (Å²) in [6, 6.07) is 11.2. The van der Waals surface area contributed by atoms with Crippen LogP contribution in [-0.2, 0) is 6.18 Å². The molecule has 0 amide bonds. The Morgan fingerprint density at radius 3 is 2.44 bits per heavy atom. The van der Waals surface area contributed by atoms with Gasteiger partial charge in [0.25, 0.3) is 0 Å². The monoisotopic (exact) mass is 493 g/mol. The first kappa shape index (κ1) is 23.9. The number of anilines is 1. The molecule has 2 N–H and O–H groups in total. The molecule has 36 heavy (non-hydrogen) atoms. The molecule has 2 aliphatic heterocycles. The van der Waals surface area contributed by atoms with E-state index in [9.17, 15) is 18.3 Å². The molecule has 0 fully saturated rings. The highest BCUT2D eigenvalue weighted by Gasteiger charge is 2.35. The first-order valence-electron chi connectivity index (χ1n) is 11.5. The summed E-state index contributed by atoms with van der Waals surface area (Å²) in [7, 11) is 1.47. The van der Waals surface area contributed by atoms with Gasteiger partial charge in [-0.1, -0.05) is 24.3 Å². The van der Waals surface area contributed by atoms with Crippen molar-refractivity contribution in [3.63, 3.8) is 0 Å². The number of hydrogen-bond donors (Lipinski definition) is 2. The van der Waals surface area contributed by atoms with Crippen LogP contribution in [0.2, 0.25) is 0 Å². The molecule has 0 atom stereocenters. The summed E-state index contributed by atoms with van der Waals surface area (Å²) in [6.45, 7) is 7.57. The number of aromatic hydroxyl groups is 1. The van der Waals surface area contributed by atoms with E-state index in [1.54, 1.807) is 18.2 Å². The molecular formula is C29H26F3NO3. The van der Waals surface area contributed by atoms with Gasteiger partial charge in [-0.25, -0.2) is 0 Å². The Balaban J connectivity index is 1.81. The Morgan fingerprint density at radius 2 is 1.75 bits per heavy atom. The largest absolute Gasteiger partial charge is 0.504 e. The van der Waals surface area contributed by atoms with Crippen LogP contribution < -0.4 is 14.8 Å². The number of phenols is 1. The van der Waals surface area contributed by atoms with E-state index in [1.807, 2.05) is 19.1 Å². The van der Waals surface area contributed by atoms with Crippen molar-refractivity contribution in [2.45, 2.75) is 39.4 Å². The lowest BCUT2D eigenvalue weighted by Gasteiger charge is -2.35. The van der Waals surface area contributed by atoms with Gasteiger partial charge in [0.2, 0.25) is 0 Å². The van der Waals surface area contributed by atoms with Crippen molar-refractivity contribution in [3.8, 4) is 28.4 Å². The maximum Gasteiger partial charge on any atom is 0.416 e. The molecule has 2 heterocycles. The molecule has 0 unspecified atom stereocenters. The number of benzene rings is 3. The molecule has 2 aliphatic rings. The van der Waals surface area contributed by atoms with Crippen molar-refractivity contribution in [2.24, 2.45) is 0 Å². The molecule has 0 saturated carbocycles. The first-order chi connectivity index (χ1) is 16.9. The predicted octanol–water partition coefficient (Wildman–Crippen LogP) is 7.89. The second-order valence-corrected chi connectivity index (χ2v) is 9.76. The number of ether oxygens (including phenoxy) is 2. The van der Waals surface area contributed by atoms with E-state index in [1.165, 1.54) is 26.2 Å². The van der Waals surface area contributed by atoms with Crippen molar-refractivity contribution in [2.75, 3.05) is 12.4 Å². The first-order valence-corrected chi connectivity index (χ1v) is 11.5. The fraction of sp³-hybridized carbons (Fsp3) is 0.241. The molecule has 0 bridgehead atoms. The van der Waals surface area contributed by atoms with Crippen LogP contribution in [0.15, 0.2) is 48.5 Å². The van der Waals surface area contributed by atoms with Gasteiger partial charge in [0.15, 0.2) is 11.5 Å². The SMILES string of the molecule is COc1c(O)ccc2c1-c1ccc3c(c1/C(=C/c1ccc(C)c(C(F)(F)F)c1)O2)C(C)=CC(C)(C)N3. The van der Waals surface area contributed by atoms with E-state index >= 15 is 0 Å². The summed E-state index contributed by atoms with van der Waals surface area (Å²) >= 11 is 0. The molecule has 0 spiro atoms. The van der Waals surface area contributed by atoms with Gasteiger partial charge in [-0.2, -0.15) is 13.2 Å². The van der Waals surface area contributed by atoms with E-state index in [2.05, 4.69) is 25.2 Å². The highest BCUT2D eigenvalue weighted by molar-refractivity contribution is 6.02. The molecule has 0 saturated heterocycles. The zero-order chi connectivity index (χ0) is 26.0. The van der Waals surface area contributed by atoms with Crippen LogP contribution in [0.3, 0.4) is 0 Å². The summed E-state index contributed by atoms with van der Waals surface area (Å²) in [6.07, 6.45) is -0.728. The minimum Gasteiger partial charge on any atom is -0.504 e. The molecule has 3 aromatic carbocycles. The molecule has 5 rings (SSSR count). The maximum atomic E-state index is 13.6. The highest BCUT2D eigenvalue weighted by Crippen LogP contribution is 2.54. The lowest BCUT2D eigenvalue weighted by atomic mass is 9.82. The number of nitrogens with one attached hydrogen (secondary N) is 1. The Kier molecular flexibility index (Phi) is 5.36. The minimum atomic E-state index is -4.46. The van der Waals surface area contributed by atoms with E-state index in [-0.39, 0.29) is 22.6 Å². The van der Waals surface area contributed by atoms with Gasteiger partial charge in [-0.15, -0.1) is 0 Å². The fourth-order valence-electron chi connectivity index (χ4n) is 5.13. The summed E-state index contributed by atoms with van der Waals surface area (Å²) in [5, 5.41) is 14.0. The standard InChI is InChI=1S/C29H26F3NO3/c1-15-6-7-17(12-19(15)29(30,31)32)13-23-25-18(26-22(36-23)11-10-21(34)27(26)35-5)8-9-20-24(25)16(2)14-28(3,4)33-20/h6-14,33-34H,1-5H3/b23-13-. The van der Waals surface area contributed by atoms with Crippen LogP contribution in [0.5, 0.6) is 17.2 Å². The quantitative estimate of drug-likeness (QED) is 0.381. The van der Waals surface area contributed by atoms with Gasteiger partial charge in [0, 0.05) is 22.4 Å². The van der Waals surface area contributed by atoms with E-state index in [0.29, 0.717) is 22.6 Å². The molecule has 7 heteroatoms. The number of halogens is 3. The average molecular weight is 494 g/mol. The number of allylic oxidation sites excluding steroid dienone is 1. The van der Waals surface area contributed by atoms with Crippen molar-refractivity contribution in [1.29, 1.82) is 0 Å². The number of fused-ring (bicyclic) bond motifs is 5. The molecule has 3 aromatic rings. The fourth-order valence-corrected chi connectivity index (χ4v) is 5.13. The summed E-state index contributed by atoms with van der Waals surface area (Å²) in [4.78, 5) is 0. The Labute approximate surface area is 207 Å². The zero-order valence-electron chi connectivity index (χ0n) is 20.6. The summed E-state index contributed by atoms with van der Waals surface area (Å²) in [5.74, 6) is 1.09. The van der Waals surface area contributed by atoms with Crippen molar-refractivity contribution in [3.05, 3.63) is 76.4 Å². The lowest BCUT2D eigenvalue weighted by Crippen LogP contribution is -2.32. The molecule has 0 aromatic heterocycles. The highest BCUT2D eigenvalue weighted by atomic mass is 19.4. The van der Waals surface area contributed by atoms with Gasteiger partial charge in [-0.05, 0) is 74.7 Å². The number of hydrogen-bond acceptors (Lipinski definition) is 4. The number of methoxy groups -OCH3 is 1. The lowest BCUT2D eigenvalue weighted by molar-refractivity contribution is -0.138. The van der Waals surface area contributed by atoms with E-state index in [0.717, 1.165) is 34.0 Å². The average Bonchev–Trinajstić information content (AvgIpc) is 2.78. The molecule has 4 nitrogen and oxygen atoms in total. The minimum absolute atomic E-state index is 0.0316. The van der Waals surface area contributed by atoms with Gasteiger partial charge in [-0.3, -0.25) is 0 Å². The van der Waals surface area contributed by atoms with Gasteiger partial charge in [0.05, 0.1) is 23.8 Å². The molecule has 0 radical (unpaired) electrons. The normalized spacial score (nSPS) is 16.8. The predicted molar refractivity (Wildman–Crippen MR) is 136 cm³/mol. The third-order valence-corrected chi connectivity index (χ3v) is 6.54. The van der Waals surface area contributed by atoms with Crippen molar-refractivity contribution in [1.82, 2.24) is 0 Å². The third-order valence-electron chi connectivity index (χ3n) is 6.54. The molecule has 0 aliphatic carbocycles. The Hall–Kier alpha value is -3.87. The number of aryl methyl sites for hydroxylation is 1. The second kappa shape index (κ2) is 8.08. The summed E-state index contributed by atoms with van der Waals surface area (Å²) in [5.41, 5.74) is 4.39. The summed E-state index contributed by atoms with van der Waals surface area (Å²) < 4.78 is 52.7. The zero-order valence-corrected chi connectivity index (χ0v) is 20.6. The van der Waals surface area contributed by atoms with Crippen LogP contribution in [-0.4, -0.2) is 17.8 Å². The number of rotatable bonds is 2. The van der Waals surface area contributed by atoms with Crippen LogP contribution in [0.25, 0.3) is 28.5 Å². The van der Waals surface area contributed by atoms with Crippen LogP contribution >= 0.6 is 0 Å². The Bertz CT molecular complexity index is 1470. The van der Waals surface area contributed by atoms with Crippen molar-refractivity contribution >= 4 is 23.1 Å². The van der Waals surface area contributed by atoms with Gasteiger partial charge in [0.1, 0.15) is 11.5 Å². The number of phenolic OH excluding ortho intramolecular Hbond substituents is 1. The Morgan fingerprint density at radius 1 is 1.00 bits per heavy atom. The van der Waals surface area contributed by atoms with Gasteiger partial charge >= 0.3 is 6.18 Å². The third kappa shape index (κ3) is 3.88. The van der Waals surface area contributed by atoms with E-state index < -0.39 is 11.7 Å². The maximum absolute atomic E-state index is 13.6. The molecule has 186 valence electrons. The second-order valence-electron chi connectivity index (χ2n) is 9.76. The van der Waals surface area contributed by atoms with Crippen LogP contribution in [0, 0.1) is 6.92 Å². The smallest absolute Gasteiger partial charge is 0.416 e. The van der Waals surface area contributed by atoms with Crippen LogP contribution in [0.4, 0.5) is 18.9 Å². The topological polar surface area (TPSA) is 50.7 Å². The van der Waals surface area contributed by atoms with E-state index in [4.69, 9.17) is 9.47 Å².